The Morgan fingerprint density at radius 2 is 2.33 bits per heavy atom. The first-order valence-electron chi connectivity index (χ1n) is 8.40. The number of rotatable bonds is 6. The molecule has 0 N–H and O–H groups in total. The number of nitrogens with zero attached hydrogens (tertiary/aromatic N) is 3. The summed E-state index contributed by atoms with van der Waals surface area (Å²) >= 11 is 1.71. The summed E-state index contributed by atoms with van der Waals surface area (Å²) in [5.74, 6) is 0.231. The maximum absolute atomic E-state index is 12.4. The van der Waals surface area contributed by atoms with Crippen molar-refractivity contribution in [2.24, 2.45) is 0 Å². The number of carbonyl (C=O) groups excluding carboxylic acids is 1. The molecule has 24 heavy (non-hydrogen) atoms. The number of thiophene rings is 1. The Balaban J connectivity index is 1.46. The van der Waals surface area contributed by atoms with Gasteiger partial charge in [0, 0.05) is 35.8 Å². The first-order chi connectivity index (χ1) is 11.7. The van der Waals surface area contributed by atoms with E-state index >= 15 is 0 Å². The summed E-state index contributed by atoms with van der Waals surface area (Å²) in [6.45, 7) is 3.98. The predicted molar refractivity (Wildman–Crippen MR) is 94.1 cm³/mol. The molecular formula is C18H23N3O2S. The number of hydrogen-bond donors (Lipinski definition) is 0. The quantitative estimate of drug-likeness (QED) is 0.808. The van der Waals surface area contributed by atoms with Crippen LogP contribution in [0.3, 0.4) is 0 Å². The zero-order valence-electron chi connectivity index (χ0n) is 14.0. The van der Waals surface area contributed by atoms with Crippen LogP contribution in [0.15, 0.2) is 29.9 Å². The van der Waals surface area contributed by atoms with Crippen molar-refractivity contribution in [2.75, 3.05) is 19.7 Å². The van der Waals surface area contributed by atoms with Gasteiger partial charge in [-0.05, 0) is 43.7 Å². The second-order valence-electron chi connectivity index (χ2n) is 6.10. The van der Waals surface area contributed by atoms with Crippen LogP contribution in [0.25, 0.3) is 0 Å². The van der Waals surface area contributed by atoms with Crippen LogP contribution >= 0.6 is 11.3 Å². The topological polar surface area (TPSA) is 55.3 Å². The first kappa shape index (κ1) is 17.0. The van der Waals surface area contributed by atoms with Crippen molar-refractivity contribution in [3.63, 3.8) is 0 Å². The fraction of sp³-hybridized carbons (Fsp3) is 0.500. The molecule has 1 aliphatic heterocycles. The lowest BCUT2D eigenvalue weighted by atomic mass is 10.1. The summed E-state index contributed by atoms with van der Waals surface area (Å²) in [5, 5.41) is 2.05. The van der Waals surface area contributed by atoms with Crippen molar-refractivity contribution < 1.29 is 9.53 Å². The van der Waals surface area contributed by atoms with Crippen molar-refractivity contribution in [3.05, 3.63) is 46.2 Å². The van der Waals surface area contributed by atoms with E-state index in [0.29, 0.717) is 26.1 Å². The average Bonchev–Trinajstić information content (AvgIpc) is 3.12. The van der Waals surface area contributed by atoms with Gasteiger partial charge in [-0.2, -0.15) is 0 Å². The Morgan fingerprint density at radius 1 is 1.42 bits per heavy atom. The van der Waals surface area contributed by atoms with Crippen LogP contribution in [-0.2, 0) is 22.4 Å². The van der Waals surface area contributed by atoms with E-state index in [0.717, 1.165) is 30.7 Å². The molecule has 0 radical (unpaired) electrons. The van der Waals surface area contributed by atoms with Gasteiger partial charge in [-0.15, -0.1) is 11.3 Å². The SMILES string of the molecule is Cc1cc(CC[C@@H]2CN(C(=O)CCc3cccs3)CCO2)ncn1. The molecule has 128 valence electrons. The number of morpholine rings is 1. The molecule has 1 fully saturated rings. The largest absolute Gasteiger partial charge is 0.375 e. The Hall–Kier alpha value is -1.79. The highest BCUT2D eigenvalue weighted by Gasteiger charge is 2.24. The lowest BCUT2D eigenvalue weighted by Gasteiger charge is -2.33. The van der Waals surface area contributed by atoms with Gasteiger partial charge in [0.25, 0.3) is 0 Å². The number of carbonyl (C=O) groups is 1. The van der Waals surface area contributed by atoms with Crippen LogP contribution < -0.4 is 0 Å². The summed E-state index contributed by atoms with van der Waals surface area (Å²) in [6.07, 6.45) is 4.85. The minimum absolute atomic E-state index is 0.0970. The van der Waals surface area contributed by atoms with Crippen molar-refractivity contribution in [1.29, 1.82) is 0 Å². The van der Waals surface area contributed by atoms with E-state index in [2.05, 4.69) is 21.4 Å². The van der Waals surface area contributed by atoms with Gasteiger partial charge in [0.1, 0.15) is 6.33 Å². The summed E-state index contributed by atoms with van der Waals surface area (Å²) in [4.78, 5) is 24.0. The maximum Gasteiger partial charge on any atom is 0.223 e. The molecule has 2 aromatic heterocycles. The van der Waals surface area contributed by atoms with E-state index in [9.17, 15) is 4.79 Å². The highest BCUT2D eigenvalue weighted by atomic mass is 32.1. The zero-order chi connectivity index (χ0) is 16.8. The van der Waals surface area contributed by atoms with Crippen LogP contribution in [0.5, 0.6) is 0 Å². The van der Waals surface area contributed by atoms with E-state index in [-0.39, 0.29) is 12.0 Å². The van der Waals surface area contributed by atoms with E-state index in [1.807, 2.05) is 24.0 Å². The average molecular weight is 345 g/mol. The molecule has 0 saturated carbocycles. The van der Waals surface area contributed by atoms with Crippen LogP contribution in [0.1, 0.15) is 29.1 Å². The Morgan fingerprint density at radius 3 is 3.12 bits per heavy atom. The Bertz CT molecular complexity index is 660. The lowest BCUT2D eigenvalue weighted by molar-refractivity contribution is -0.138. The molecule has 0 bridgehead atoms. The molecule has 3 rings (SSSR count). The fourth-order valence-corrected chi connectivity index (χ4v) is 3.63. The summed E-state index contributed by atoms with van der Waals surface area (Å²) in [6, 6.07) is 6.13. The zero-order valence-corrected chi connectivity index (χ0v) is 14.8. The number of aryl methyl sites for hydroxylation is 3. The minimum Gasteiger partial charge on any atom is -0.375 e. The second-order valence-corrected chi connectivity index (χ2v) is 7.13. The smallest absolute Gasteiger partial charge is 0.223 e. The van der Waals surface area contributed by atoms with Gasteiger partial charge < -0.3 is 9.64 Å². The van der Waals surface area contributed by atoms with Gasteiger partial charge in [-0.25, -0.2) is 9.97 Å². The van der Waals surface area contributed by atoms with Crippen LogP contribution in [-0.4, -0.2) is 46.6 Å². The molecule has 1 aliphatic rings. The minimum atomic E-state index is 0.0970. The highest BCUT2D eigenvalue weighted by Crippen LogP contribution is 2.15. The molecule has 3 heterocycles. The Kier molecular flexibility index (Phi) is 5.93. The van der Waals surface area contributed by atoms with E-state index < -0.39 is 0 Å². The third kappa shape index (κ3) is 4.85. The maximum atomic E-state index is 12.4. The molecule has 5 nitrogen and oxygen atoms in total. The predicted octanol–water partition coefficient (Wildman–Crippen LogP) is 2.64. The number of amides is 1. The van der Waals surface area contributed by atoms with Crippen LogP contribution in [0, 0.1) is 6.92 Å². The van der Waals surface area contributed by atoms with Crippen molar-refractivity contribution in [3.8, 4) is 0 Å². The summed E-state index contributed by atoms with van der Waals surface area (Å²) < 4.78 is 5.83. The lowest BCUT2D eigenvalue weighted by Crippen LogP contribution is -2.45. The highest BCUT2D eigenvalue weighted by molar-refractivity contribution is 7.09. The van der Waals surface area contributed by atoms with Gasteiger partial charge >= 0.3 is 0 Å². The van der Waals surface area contributed by atoms with Gasteiger partial charge in [-0.1, -0.05) is 6.07 Å². The third-order valence-electron chi connectivity index (χ3n) is 4.24. The number of hydrogen-bond acceptors (Lipinski definition) is 5. The van der Waals surface area contributed by atoms with Crippen molar-refractivity contribution in [2.45, 2.75) is 38.7 Å². The molecule has 6 heteroatoms. The molecule has 0 aliphatic carbocycles. The molecule has 0 unspecified atom stereocenters. The molecule has 1 atom stereocenters. The Labute approximate surface area is 146 Å². The number of ether oxygens (including phenoxy) is 1. The molecule has 0 spiro atoms. The molecule has 0 aromatic carbocycles. The normalized spacial score (nSPS) is 17.9. The first-order valence-corrected chi connectivity index (χ1v) is 9.28. The van der Waals surface area contributed by atoms with E-state index in [1.165, 1.54) is 4.88 Å². The molecular weight excluding hydrogens is 322 g/mol. The van der Waals surface area contributed by atoms with Crippen molar-refractivity contribution in [1.82, 2.24) is 14.9 Å². The van der Waals surface area contributed by atoms with Crippen LogP contribution in [0.2, 0.25) is 0 Å². The van der Waals surface area contributed by atoms with Gasteiger partial charge in [-0.3, -0.25) is 4.79 Å². The monoisotopic (exact) mass is 345 g/mol. The molecule has 1 amide bonds. The van der Waals surface area contributed by atoms with E-state index in [1.54, 1.807) is 17.7 Å². The van der Waals surface area contributed by atoms with E-state index in [4.69, 9.17) is 4.74 Å². The summed E-state index contributed by atoms with van der Waals surface area (Å²) in [5.41, 5.74) is 2.02. The third-order valence-corrected chi connectivity index (χ3v) is 5.18. The molecule has 1 saturated heterocycles. The van der Waals surface area contributed by atoms with Crippen molar-refractivity contribution >= 4 is 17.2 Å². The standard InChI is InChI=1S/C18H23N3O2S/c1-14-11-15(20-13-19-14)4-5-16-12-21(8-9-23-16)18(22)7-6-17-3-2-10-24-17/h2-3,10-11,13,16H,4-9,12H2,1H3/t16-/m1/s1. The summed E-state index contributed by atoms with van der Waals surface area (Å²) in [7, 11) is 0. The van der Waals surface area contributed by atoms with Crippen LogP contribution in [0.4, 0.5) is 0 Å². The number of aromatic nitrogens is 2. The van der Waals surface area contributed by atoms with Gasteiger partial charge in [0.2, 0.25) is 5.91 Å². The fourth-order valence-electron chi connectivity index (χ4n) is 2.92. The van der Waals surface area contributed by atoms with Gasteiger partial charge in [0.05, 0.1) is 12.7 Å². The molecule has 2 aromatic rings. The second kappa shape index (κ2) is 8.35. The van der Waals surface area contributed by atoms with Gasteiger partial charge in [0.15, 0.2) is 0 Å².